The highest BCUT2D eigenvalue weighted by Crippen LogP contribution is 2.63. The van der Waals surface area contributed by atoms with E-state index in [0.717, 1.165) is 23.3 Å². The van der Waals surface area contributed by atoms with E-state index in [1.807, 2.05) is 87.4 Å². The molecule has 4 fully saturated rings. The normalized spacial score (nSPS) is 34.1. The van der Waals surface area contributed by atoms with Crippen LogP contribution in [-0.2, 0) is 61.4 Å². The number of nitrogens with zero attached hydrogens (tertiary/aromatic N) is 5. The van der Waals surface area contributed by atoms with Gasteiger partial charge in [0.15, 0.2) is 0 Å². The number of hydrogen-bond acceptors (Lipinski definition) is 23. The number of benzene rings is 1. The molecule has 1 aromatic rings. The smallest absolute Gasteiger partial charge is 0.463 e. The third-order valence-corrected chi connectivity index (χ3v) is 26.7. The number of rotatable bonds is 33. The minimum absolute atomic E-state index is 0.0115. The third-order valence-electron chi connectivity index (χ3n) is 24.1. The lowest BCUT2D eigenvalue weighted by Gasteiger charge is -2.48. The number of phosphoric acid groups is 1. The van der Waals surface area contributed by atoms with Crippen LogP contribution < -0.4 is 55.7 Å². The number of ketones is 1. The van der Waals surface area contributed by atoms with Gasteiger partial charge in [0.05, 0.1) is 35.9 Å². The van der Waals surface area contributed by atoms with E-state index < -0.39 is 162 Å². The topological polar surface area (TPSA) is 514 Å². The van der Waals surface area contributed by atoms with Crippen LogP contribution in [0.4, 0.5) is 10.5 Å². The first kappa shape index (κ1) is 80.0. The summed E-state index contributed by atoms with van der Waals surface area (Å²) in [6.45, 7) is 19.3. The molecule has 0 saturated carbocycles. The molecule has 0 radical (unpaired) electrons. The number of urea groups is 1. The van der Waals surface area contributed by atoms with Crippen molar-refractivity contribution in [1.82, 2.24) is 21.3 Å². The molecule has 8 bridgehead atoms. The van der Waals surface area contributed by atoms with Crippen molar-refractivity contribution in [3.63, 3.8) is 0 Å². The van der Waals surface area contributed by atoms with E-state index in [2.05, 4.69) is 31.5 Å². The average molecular weight is 1500 g/mol. The molecule has 0 aliphatic carbocycles. The van der Waals surface area contributed by atoms with Gasteiger partial charge in [-0.2, -0.15) is 22.0 Å². The van der Waals surface area contributed by atoms with E-state index in [1.165, 1.54) is 6.92 Å². The van der Waals surface area contributed by atoms with Gasteiger partial charge in [0.2, 0.25) is 35.4 Å². The van der Waals surface area contributed by atoms with Gasteiger partial charge in [0.25, 0.3) is 0 Å². The van der Waals surface area contributed by atoms with E-state index >= 15 is 0 Å². The van der Waals surface area contributed by atoms with E-state index in [0.29, 0.717) is 69.5 Å². The number of nitrogens with one attached hydrogen (secondary N) is 4. The molecule has 9 heterocycles. The number of esters is 1. The van der Waals surface area contributed by atoms with Crippen LogP contribution in [0.2, 0.25) is 0 Å². The minimum atomic E-state index is -5.23. The van der Waals surface area contributed by atoms with Gasteiger partial charge in [-0.1, -0.05) is 47.1 Å². The highest BCUT2D eigenvalue weighted by molar-refractivity contribution is 8.00. The van der Waals surface area contributed by atoms with E-state index in [1.54, 1.807) is 11.8 Å². The summed E-state index contributed by atoms with van der Waals surface area (Å²) in [4.78, 5) is 148. The Labute approximate surface area is 615 Å². The van der Waals surface area contributed by atoms with Crippen LogP contribution in [0, 0.1) is 59.2 Å². The van der Waals surface area contributed by atoms with Crippen molar-refractivity contribution >= 4 is 95.6 Å². The lowest BCUT2D eigenvalue weighted by atomic mass is 9.55. The fraction of sp³-hybridized carbons (Fsp3) is 0.667. The molecule has 19 atom stereocenters. The second-order valence-electron chi connectivity index (χ2n) is 31.6. The van der Waals surface area contributed by atoms with Crippen molar-refractivity contribution in [3.05, 3.63) is 63.1 Å². The van der Waals surface area contributed by atoms with Gasteiger partial charge < -0.3 is 69.8 Å². The lowest BCUT2D eigenvalue weighted by Crippen LogP contribution is -2.56. The minimum Gasteiger partial charge on any atom is -0.463 e. The third kappa shape index (κ3) is 16.2. The fourth-order valence-electron chi connectivity index (χ4n) is 18.1. The van der Waals surface area contributed by atoms with Gasteiger partial charge >= 0.3 is 19.8 Å². The molecule has 31 nitrogen and oxygen atoms in total. The van der Waals surface area contributed by atoms with E-state index in [-0.39, 0.29) is 100 Å². The number of hydrogen-bond donors (Lipinski definition) is 12. The molecular formula is C72H104N15O16PS. The van der Waals surface area contributed by atoms with Crippen LogP contribution in [0.25, 0.3) is 0 Å². The Morgan fingerprint density at radius 1 is 0.790 bits per heavy atom. The molecule has 9 aliphatic heterocycles. The number of unbranched alkanes of at least 4 members (excludes halogenated alkanes) is 1. The van der Waals surface area contributed by atoms with Crippen molar-refractivity contribution < 1.29 is 76.2 Å². The Bertz CT molecular complexity index is 4010. The first-order valence-electron chi connectivity index (χ1n) is 36.2. The van der Waals surface area contributed by atoms with Gasteiger partial charge in [0, 0.05) is 147 Å². The maximum atomic E-state index is 14.7. The Hall–Kier alpha value is -7.58. The van der Waals surface area contributed by atoms with Gasteiger partial charge in [-0.05, 0) is 114 Å². The molecule has 9 aliphatic rings. The van der Waals surface area contributed by atoms with Crippen molar-refractivity contribution in [2.45, 2.75) is 238 Å². The maximum absolute atomic E-state index is 14.7. The number of aliphatic hydroxyl groups excluding tert-OH is 1. The van der Waals surface area contributed by atoms with Gasteiger partial charge in [-0.25, -0.2) is 9.36 Å². The number of aliphatic hydroxyl groups is 1. The van der Waals surface area contributed by atoms with Crippen LogP contribution in [0.3, 0.4) is 0 Å². The molecule has 33 heteroatoms. The molecule has 10 rings (SSSR count). The quantitative estimate of drug-likeness (QED) is 0.0143. The Morgan fingerprint density at radius 2 is 1.44 bits per heavy atom. The summed E-state index contributed by atoms with van der Waals surface area (Å²) in [5.74, 6) is -6.97. The van der Waals surface area contributed by atoms with Gasteiger partial charge in [-0.3, -0.25) is 67.7 Å². The molecule has 8 amide bonds. The lowest BCUT2D eigenvalue weighted by molar-refractivity contribution is -0.149. The SMILES string of the molecule is CC1=C2N=C(C=C3N/C(=C(/C)C4=NC(C)(C5N=C1C(C)(CCC(=O)CNC(C)OP(=O)(O)OC1C(COC(=O)CCCC[C@@H]6SC[C@@H]7NC(=O)N[C@@H]76)OC(C6N=Nc7cc(C)c(C)cc76)C1O)C5CC(N)=O)C(C)(CC(N)=O)C4CCC(N)=O)C(C)(CC(N)=O)C3CCC(N)=O)C(C)(C)C2CCC(N)=O. The number of primary amides is 6. The number of fused-ring (bicyclic) bond motifs is 8. The average Bonchev–Trinajstić information content (AvgIpc) is 1.53. The van der Waals surface area contributed by atoms with E-state index in [9.17, 15) is 57.7 Å². The molecule has 0 spiro atoms. The highest BCUT2D eigenvalue weighted by Gasteiger charge is 2.67. The summed E-state index contributed by atoms with van der Waals surface area (Å²) in [7, 11) is -5.23. The number of ether oxygens (including phenoxy) is 2. The summed E-state index contributed by atoms with van der Waals surface area (Å²) in [5, 5.41) is 33.4. The zero-order chi connectivity index (χ0) is 77.0. The zero-order valence-electron chi connectivity index (χ0n) is 61.7. The predicted molar refractivity (Wildman–Crippen MR) is 390 cm³/mol. The predicted octanol–water partition coefficient (Wildman–Crippen LogP) is 5.10. The number of amides is 8. The number of phosphoric ester groups is 1. The van der Waals surface area contributed by atoms with Crippen LogP contribution in [0.15, 0.2) is 71.7 Å². The first-order chi connectivity index (χ1) is 49.1. The van der Waals surface area contributed by atoms with Gasteiger partial charge in [-0.15, -0.1) is 0 Å². The van der Waals surface area contributed by atoms with Crippen LogP contribution in [-0.4, -0.2) is 159 Å². The molecule has 105 heavy (non-hydrogen) atoms. The largest absolute Gasteiger partial charge is 0.474 e. The fourth-order valence-corrected chi connectivity index (χ4v) is 20.7. The second kappa shape index (κ2) is 30.9. The summed E-state index contributed by atoms with van der Waals surface area (Å²) < 4.78 is 37.7. The summed E-state index contributed by atoms with van der Waals surface area (Å²) in [6.07, 6.45) is -4.29. The zero-order valence-corrected chi connectivity index (χ0v) is 63.4. The molecule has 574 valence electrons. The molecule has 18 N–H and O–H groups in total. The Morgan fingerprint density at radius 3 is 2.09 bits per heavy atom. The van der Waals surface area contributed by atoms with Gasteiger partial charge in [0.1, 0.15) is 49.1 Å². The number of carbonyl (C=O) groups is 9. The molecular weight excluding hydrogens is 1390 g/mol. The Kier molecular flexibility index (Phi) is 23.6. The number of Topliss-reactive ketones (excluding diaryl/α,β-unsaturated/α-hetero) is 1. The van der Waals surface area contributed by atoms with Crippen LogP contribution >= 0.6 is 19.6 Å². The van der Waals surface area contributed by atoms with Crippen molar-refractivity contribution in [1.29, 1.82) is 0 Å². The molecule has 16 unspecified atom stereocenters. The van der Waals surface area contributed by atoms with Crippen molar-refractivity contribution in [2.24, 2.45) is 105 Å². The number of azo groups is 1. The number of aryl methyl sites for hydroxylation is 2. The maximum Gasteiger partial charge on any atom is 0.474 e. The van der Waals surface area contributed by atoms with Crippen LogP contribution in [0.5, 0.6) is 0 Å². The van der Waals surface area contributed by atoms with Crippen molar-refractivity contribution in [2.75, 3.05) is 18.9 Å². The highest BCUT2D eigenvalue weighted by atomic mass is 32.2. The number of allylic oxidation sites excluding steroid dienone is 6. The number of nitrogens with two attached hydrogens (primary N) is 6. The Balaban J connectivity index is 0.943. The standard InChI is InChI=1S/C72H104N15O16PS/c1-33-24-39-44(25-34(33)2)86-87-59(39)63-61(96)62(47(101-63)31-100-56(95)15-13-12-14-48-60-46(32-105-48)81-67(97)83-60)103-104(98,99)102-37(5)79-30-38(88)22-23-69(8)43(26-53(76)92)66-72(11)71(10,29-55(78)94)42(18-21-52(75)91)58(85-72)36(4)65-70(9,28-54(77)93)40(16-19-50(73)89)45(80-65)27-49-68(6,7)41(17-20-51(74)90)57(82-49)35(3)64(69)84-66/h24-25,27,37,40-43,46-48,59-63,66,79-80,96H,12-23,26,28-32H2,1-11H3,(H2,73,89)(H2,74,90)(H2,75,91)(H2,76,92)(H2,77,93)(H2,78,94)(H,98,99)(H2,81,83,97)/b45-27?,57-35?,65-36-/t37?,40?,41?,42?,43?,46-,47?,48-,59?,60-,61?,62?,63?,66?,69?,70?,71?,72?/m0/s1. The van der Waals surface area contributed by atoms with Crippen molar-refractivity contribution in [3.8, 4) is 0 Å². The monoisotopic (exact) mass is 1500 g/mol. The summed E-state index contributed by atoms with van der Waals surface area (Å²) >= 11 is 1.77. The number of carbonyl (C=O) groups excluding carboxylic acids is 9. The van der Waals surface area contributed by atoms with Crippen LogP contribution in [0.1, 0.15) is 181 Å². The summed E-state index contributed by atoms with van der Waals surface area (Å²) in [6, 6.07) is 1.68. The number of aliphatic imine (C=N–C) groups is 3. The summed E-state index contributed by atoms with van der Waals surface area (Å²) in [5.41, 5.74) is 37.3. The first-order valence-corrected chi connectivity index (χ1v) is 38.7. The number of thioether (sulfide) groups is 1. The molecule has 4 saturated heterocycles. The molecule has 0 aromatic heterocycles. The van der Waals surface area contributed by atoms with E-state index in [4.69, 9.17) is 67.9 Å². The second-order valence-corrected chi connectivity index (χ2v) is 34.2. The molecule has 1 aromatic carbocycles.